The molecular formula is C20H19N3O3S2. The van der Waals surface area contributed by atoms with Gasteiger partial charge in [-0.05, 0) is 42.0 Å². The summed E-state index contributed by atoms with van der Waals surface area (Å²) in [5, 5.41) is 2.77. The zero-order chi connectivity index (χ0) is 19.8. The minimum absolute atomic E-state index is 0.104. The molecule has 2 aromatic carbocycles. The van der Waals surface area contributed by atoms with Crippen LogP contribution >= 0.6 is 11.8 Å². The topological polar surface area (TPSA) is 88.2 Å². The van der Waals surface area contributed by atoms with Gasteiger partial charge in [-0.15, -0.1) is 11.8 Å². The Balaban J connectivity index is 1.53. The van der Waals surface area contributed by atoms with E-state index in [1.807, 2.05) is 30.3 Å². The summed E-state index contributed by atoms with van der Waals surface area (Å²) in [6.45, 7) is 0. The zero-order valence-electron chi connectivity index (χ0n) is 14.9. The Morgan fingerprint density at radius 2 is 1.68 bits per heavy atom. The van der Waals surface area contributed by atoms with Crippen LogP contribution < -0.4 is 10.0 Å². The maximum absolute atomic E-state index is 12.4. The van der Waals surface area contributed by atoms with Crippen LogP contribution in [-0.4, -0.2) is 25.1 Å². The number of carbonyl (C=O) groups excluding carboxylic acids is 1. The largest absolute Gasteiger partial charge is 0.325 e. The minimum atomic E-state index is -3.71. The number of aromatic nitrogens is 1. The van der Waals surface area contributed by atoms with Crippen molar-refractivity contribution in [2.24, 2.45) is 0 Å². The second kappa shape index (κ2) is 9.38. The van der Waals surface area contributed by atoms with E-state index in [0.717, 1.165) is 11.3 Å². The molecule has 0 spiro atoms. The number of rotatable bonds is 8. The van der Waals surface area contributed by atoms with Crippen molar-refractivity contribution in [3.05, 3.63) is 84.7 Å². The van der Waals surface area contributed by atoms with Crippen LogP contribution in [0.15, 0.2) is 84.0 Å². The summed E-state index contributed by atoms with van der Waals surface area (Å²) in [7, 11) is -3.71. The second-order valence-electron chi connectivity index (χ2n) is 5.90. The first-order valence-corrected chi connectivity index (χ1v) is 11.1. The number of nitrogens with zero attached hydrogens (tertiary/aromatic N) is 1. The second-order valence-corrected chi connectivity index (χ2v) is 8.57. The Morgan fingerprint density at radius 1 is 0.929 bits per heavy atom. The Morgan fingerprint density at radius 3 is 2.36 bits per heavy atom. The maximum Gasteiger partial charge on any atom is 0.261 e. The Bertz CT molecular complexity index is 1010. The van der Waals surface area contributed by atoms with Gasteiger partial charge in [0.25, 0.3) is 10.0 Å². The van der Waals surface area contributed by atoms with Gasteiger partial charge in [-0.3, -0.25) is 14.5 Å². The molecule has 0 aliphatic heterocycles. The Hall–Kier alpha value is -2.84. The lowest BCUT2D eigenvalue weighted by Gasteiger charge is -2.09. The van der Waals surface area contributed by atoms with Crippen LogP contribution in [0.1, 0.15) is 5.56 Å². The summed E-state index contributed by atoms with van der Waals surface area (Å²) in [5.41, 5.74) is 2.09. The van der Waals surface area contributed by atoms with E-state index >= 15 is 0 Å². The highest BCUT2D eigenvalue weighted by molar-refractivity contribution is 7.99. The highest BCUT2D eigenvalue weighted by atomic mass is 32.2. The van der Waals surface area contributed by atoms with Gasteiger partial charge in [0.15, 0.2) is 0 Å². The number of hydrogen-bond donors (Lipinski definition) is 2. The number of anilines is 2. The summed E-state index contributed by atoms with van der Waals surface area (Å²) in [6, 6.07) is 19.2. The van der Waals surface area contributed by atoms with Gasteiger partial charge < -0.3 is 5.32 Å². The van der Waals surface area contributed by atoms with E-state index in [2.05, 4.69) is 15.0 Å². The number of hydrogen-bond acceptors (Lipinski definition) is 5. The molecule has 0 aliphatic carbocycles. The number of nitrogens with one attached hydrogen (secondary N) is 2. The van der Waals surface area contributed by atoms with Crippen LogP contribution in [0.3, 0.4) is 0 Å². The van der Waals surface area contributed by atoms with Crippen LogP contribution in [0.5, 0.6) is 0 Å². The molecule has 28 heavy (non-hydrogen) atoms. The molecule has 3 rings (SSSR count). The van der Waals surface area contributed by atoms with Crippen molar-refractivity contribution in [1.82, 2.24) is 4.98 Å². The van der Waals surface area contributed by atoms with Crippen molar-refractivity contribution in [3.63, 3.8) is 0 Å². The van der Waals surface area contributed by atoms with Crippen LogP contribution in [-0.2, 0) is 20.6 Å². The van der Waals surface area contributed by atoms with Crippen LogP contribution in [0.4, 0.5) is 11.4 Å². The van der Waals surface area contributed by atoms with Crippen molar-refractivity contribution >= 4 is 39.1 Å². The Kier molecular flexibility index (Phi) is 6.67. The molecule has 0 bridgehead atoms. The smallest absolute Gasteiger partial charge is 0.261 e. The standard InChI is InChI=1S/C20H19N3O3S2/c24-20(15-27-14-16-5-2-1-3-6-16)22-17-8-10-19(11-9-17)28(25,26)23-18-7-4-12-21-13-18/h1-13,23H,14-15H2,(H,22,24). The third-order valence-electron chi connectivity index (χ3n) is 3.71. The first-order valence-electron chi connectivity index (χ1n) is 8.47. The SMILES string of the molecule is O=C(CSCc1ccccc1)Nc1ccc(S(=O)(=O)Nc2cccnc2)cc1. The lowest BCUT2D eigenvalue weighted by molar-refractivity contribution is -0.113. The third-order valence-corrected chi connectivity index (χ3v) is 6.11. The van der Waals surface area contributed by atoms with Gasteiger partial charge in [-0.1, -0.05) is 30.3 Å². The van der Waals surface area contributed by atoms with Gasteiger partial charge in [-0.25, -0.2) is 8.42 Å². The van der Waals surface area contributed by atoms with Crippen molar-refractivity contribution in [3.8, 4) is 0 Å². The monoisotopic (exact) mass is 413 g/mol. The maximum atomic E-state index is 12.4. The van der Waals surface area contributed by atoms with E-state index in [4.69, 9.17) is 0 Å². The summed E-state index contributed by atoms with van der Waals surface area (Å²) >= 11 is 1.52. The van der Waals surface area contributed by atoms with Gasteiger partial charge in [0.1, 0.15) is 0 Å². The Labute approximate surface area is 168 Å². The van der Waals surface area contributed by atoms with E-state index in [1.54, 1.807) is 30.5 Å². The van der Waals surface area contributed by atoms with E-state index in [0.29, 0.717) is 17.1 Å². The van der Waals surface area contributed by atoms with E-state index < -0.39 is 10.0 Å². The lowest BCUT2D eigenvalue weighted by Crippen LogP contribution is -2.15. The quantitative estimate of drug-likeness (QED) is 0.587. The average Bonchev–Trinajstić information content (AvgIpc) is 2.70. The van der Waals surface area contributed by atoms with Gasteiger partial charge in [-0.2, -0.15) is 0 Å². The summed E-state index contributed by atoms with van der Waals surface area (Å²) in [6.07, 6.45) is 2.99. The molecule has 0 aliphatic rings. The summed E-state index contributed by atoms with van der Waals surface area (Å²) in [4.78, 5) is 16.0. The normalized spacial score (nSPS) is 11.0. The van der Waals surface area contributed by atoms with Crippen molar-refractivity contribution in [1.29, 1.82) is 0 Å². The number of benzene rings is 2. The predicted molar refractivity (Wildman–Crippen MR) is 113 cm³/mol. The lowest BCUT2D eigenvalue weighted by atomic mass is 10.2. The molecule has 1 heterocycles. The first-order chi connectivity index (χ1) is 13.5. The molecule has 0 atom stereocenters. The zero-order valence-corrected chi connectivity index (χ0v) is 16.5. The number of sulfonamides is 1. The van der Waals surface area contributed by atoms with E-state index in [1.165, 1.54) is 30.1 Å². The molecule has 1 aromatic heterocycles. The molecule has 0 radical (unpaired) electrons. The molecule has 3 aromatic rings. The third kappa shape index (κ3) is 5.83. The molecule has 2 N–H and O–H groups in total. The van der Waals surface area contributed by atoms with E-state index in [-0.39, 0.29) is 10.8 Å². The fraction of sp³-hybridized carbons (Fsp3) is 0.100. The molecule has 144 valence electrons. The highest BCUT2D eigenvalue weighted by Crippen LogP contribution is 2.18. The predicted octanol–water partition coefficient (Wildman–Crippen LogP) is 3.75. The van der Waals surface area contributed by atoms with Crippen LogP contribution in [0.2, 0.25) is 0 Å². The van der Waals surface area contributed by atoms with Gasteiger partial charge in [0.2, 0.25) is 5.91 Å². The number of amides is 1. The summed E-state index contributed by atoms with van der Waals surface area (Å²) in [5.74, 6) is 0.938. The van der Waals surface area contributed by atoms with Crippen molar-refractivity contribution in [2.75, 3.05) is 15.8 Å². The van der Waals surface area contributed by atoms with Gasteiger partial charge in [0.05, 0.1) is 22.5 Å². The van der Waals surface area contributed by atoms with Crippen molar-refractivity contribution < 1.29 is 13.2 Å². The molecule has 0 fully saturated rings. The number of thioether (sulfide) groups is 1. The number of pyridine rings is 1. The molecule has 6 nitrogen and oxygen atoms in total. The fourth-order valence-corrected chi connectivity index (χ4v) is 4.22. The van der Waals surface area contributed by atoms with Gasteiger partial charge in [0, 0.05) is 17.6 Å². The van der Waals surface area contributed by atoms with E-state index in [9.17, 15) is 13.2 Å². The van der Waals surface area contributed by atoms with Gasteiger partial charge >= 0.3 is 0 Å². The molecule has 0 saturated heterocycles. The van der Waals surface area contributed by atoms with Crippen molar-refractivity contribution in [2.45, 2.75) is 10.6 Å². The van der Waals surface area contributed by atoms with Crippen LogP contribution in [0.25, 0.3) is 0 Å². The molecule has 1 amide bonds. The molecule has 8 heteroatoms. The first kappa shape index (κ1) is 19.9. The molecule has 0 unspecified atom stereocenters. The summed E-state index contributed by atoms with van der Waals surface area (Å²) < 4.78 is 27.2. The average molecular weight is 414 g/mol. The molecule has 0 saturated carbocycles. The highest BCUT2D eigenvalue weighted by Gasteiger charge is 2.14. The molecular weight excluding hydrogens is 394 g/mol. The fourth-order valence-electron chi connectivity index (χ4n) is 2.39. The number of carbonyl (C=O) groups is 1. The minimum Gasteiger partial charge on any atom is -0.325 e. The van der Waals surface area contributed by atoms with Crippen LogP contribution in [0, 0.1) is 0 Å².